The third-order valence-electron chi connectivity index (χ3n) is 3.59. The Morgan fingerprint density at radius 2 is 1.63 bits per heavy atom. The number of benzene rings is 2. The molecule has 0 aliphatic rings. The predicted molar refractivity (Wildman–Crippen MR) is 77.7 cm³/mol. The molecule has 0 aromatic heterocycles. The van der Waals surface area contributed by atoms with Crippen molar-refractivity contribution in [2.24, 2.45) is 5.73 Å². The number of hydrogen-bond donors (Lipinski definition) is 1. The molecule has 0 bridgehead atoms. The van der Waals surface area contributed by atoms with Crippen LogP contribution >= 0.6 is 0 Å². The highest BCUT2D eigenvalue weighted by Crippen LogP contribution is 2.30. The van der Waals surface area contributed by atoms with E-state index in [2.05, 4.69) is 18.2 Å². The van der Waals surface area contributed by atoms with E-state index in [9.17, 15) is 4.39 Å². The fourth-order valence-electron chi connectivity index (χ4n) is 2.49. The molecule has 2 heteroatoms. The summed E-state index contributed by atoms with van der Waals surface area (Å²) in [5.74, 6) is -0.239. The van der Waals surface area contributed by atoms with E-state index in [0.29, 0.717) is 0 Å². The van der Waals surface area contributed by atoms with Crippen LogP contribution in [0.15, 0.2) is 36.4 Å². The van der Waals surface area contributed by atoms with Crippen molar-refractivity contribution in [3.63, 3.8) is 0 Å². The number of aryl methyl sites for hydroxylation is 3. The molecule has 0 amide bonds. The monoisotopic (exact) mass is 257 g/mol. The molecule has 0 heterocycles. The van der Waals surface area contributed by atoms with Gasteiger partial charge in [-0.15, -0.1) is 0 Å². The highest BCUT2D eigenvalue weighted by molar-refractivity contribution is 5.44. The Morgan fingerprint density at radius 3 is 2.26 bits per heavy atom. The topological polar surface area (TPSA) is 26.0 Å². The largest absolute Gasteiger partial charge is 0.318 e. The molecule has 1 atom stereocenters. The Labute approximate surface area is 114 Å². The van der Waals surface area contributed by atoms with Crippen LogP contribution in [-0.4, -0.2) is 0 Å². The zero-order chi connectivity index (χ0) is 14.2. The molecule has 0 saturated heterocycles. The Hall–Kier alpha value is -1.67. The summed E-state index contributed by atoms with van der Waals surface area (Å²) in [4.78, 5) is 0. The van der Waals surface area contributed by atoms with E-state index in [0.717, 1.165) is 27.8 Å². The van der Waals surface area contributed by atoms with Crippen LogP contribution in [0.4, 0.5) is 4.39 Å². The number of hydrogen-bond acceptors (Lipinski definition) is 1. The van der Waals surface area contributed by atoms with Crippen molar-refractivity contribution in [1.29, 1.82) is 0 Å². The molecule has 2 aromatic rings. The fourth-order valence-corrected chi connectivity index (χ4v) is 2.49. The number of nitrogens with two attached hydrogens (primary N) is 1. The summed E-state index contributed by atoms with van der Waals surface area (Å²) in [7, 11) is 0. The molecule has 0 fully saturated rings. The van der Waals surface area contributed by atoms with Crippen LogP contribution < -0.4 is 5.73 Å². The maximum atomic E-state index is 13.6. The average molecular weight is 257 g/mol. The van der Waals surface area contributed by atoms with Crippen LogP contribution in [0, 0.1) is 26.6 Å². The average Bonchev–Trinajstić information content (AvgIpc) is 2.31. The van der Waals surface area contributed by atoms with Gasteiger partial charge in [0.1, 0.15) is 5.82 Å². The normalized spacial score (nSPS) is 14.2. The van der Waals surface area contributed by atoms with Gasteiger partial charge in [0, 0.05) is 0 Å². The minimum atomic E-state index is -0.692. The molecule has 0 aliphatic carbocycles. The van der Waals surface area contributed by atoms with E-state index in [1.54, 1.807) is 0 Å². The maximum absolute atomic E-state index is 13.6. The SMILES string of the molecule is Cc1cc(F)cc(C(C)(N)c2cc(C)ccc2C)c1. The lowest BCUT2D eigenvalue weighted by Crippen LogP contribution is -2.35. The summed E-state index contributed by atoms with van der Waals surface area (Å²) in [6, 6.07) is 11.2. The predicted octanol–water partition coefficient (Wildman–Crippen LogP) is 3.97. The Balaban J connectivity index is 2.60. The van der Waals surface area contributed by atoms with Crippen LogP contribution in [0.5, 0.6) is 0 Å². The van der Waals surface area contributed by atoms with Crippen molar-refractivity contribution in [1.82, 2.24) is 0 Å². The lowest BCUT2D eigenvalue weighted by atomic mass is 9.82. The van der Waals surface area contributed by atoms with Gasteiger partial charge >= 0.3 is 0 Å². The van der Waals surface area contributed by atoms with Crippen molar-refractivity contribution in [2.75, 3.05) is 0 Å². The molecule has 0 spiro atoms. The summed E-state index contributed by atoms with van der Waals surface area (Å²) >= 11 is 0. The number of rotatable bonds is 2. The highest BCUT2D eigenvalue weighted by Gasteiger charge is 2.26. The van der Waals surface area contributed by atoms with Crippen molar-refractivity contribution in [2.45, 2.75) is 33.2 Å². The first-order valence-electron chi connectivity index (χ1n) is 6.45. The summed E-state index contributed by atoms with van der Waals surface area (Å²) < 4.78 is 13.6. The Bertz CT molecular complexity index is 594. The zero-order valence-electron chi connectivity index (χ0n) is 11.9. The minimum Gasteiger partial charge on any atom is -0.318 e. The number of halogens is 1. The summed E-state index contributed by atoms with van der Waals surface area (Å²) in [5.41, 5.74) is 10.8. The molecule has 0 aliphatic heterocycles. The van der Waals surface area contributed by atoms with Crippen LogP contribution in [0.25, 0.3) is 0 Å². The van der Waals surface area contributed by atoms with Gasteiger partial charge in [-0.1, -0.05) is 29.8 Å². The van der Waals surface area contributed by atoms with Gasteiger partial charge in [-0.2, -0.15) is 0 Å². The van der Waals surface area contributed by atoms with Crippen LogP contribution in [0.3, 0.4) is 0 Å². The lowest BCUT2D eigenvalue weighted by molar-refractivity contribution is 0.577. The summed E-state index contributed by atoms with van der Waals surface area (Å²) in [5, 5.41) is 0. The standard InChI is InChI=1S/C17H20FN/c1-11-5-6-13(3)16(9-11)17(4,19)14-7-12(2)8-15(18)10-14/h5-10H,19H2,1-4H3. The van der Waals surface area contributed by atoms with Crippen molar-refractivity contribution in [3.05, 3.63) is 70.0 Å². The van der Waals surface area contributed by atoms with Crippen LogP contribution in [0.1, 0.15) is 34.7 Å². The smallest absolute Gasteiger partial charge is 0.123 e. The van der Waals surface area contributed by atoms with E-state index in [4.69, 9.17) is 5.73 Å². The molecule has 2 aromatic carbocycles. The maximum Gasteiger partial charge on any atom is 0.123 e. The first kappa shape index (κ1) is 13.8. The molecular formula is C17H20FN. The first-order chi connectivity index (χ1) is 8.80. The Kier molecular flexibility index (Phi) is 3.46. The fraction of sp³-hybridized carbons (Fsp3) is 0.294. The van der Waals surface area contributed by atoms with Crippen molar-refractivity contribution in [3.8, 4) is 0 Å². The van der Waals surface area contributed by atoms with Gasteiger partial charge in [0.25, 0.3) is 0 Å². The van der Waals surface area contributed by atoms with Crippen LogP contribution in [-0.2, 0) is 5.54 Å². The molecule has 0 saturated carbocycles. The van der Waals surface area contributed by atoms with Crippen LogP contribution in [0.2, 0.25) is 0 Å². The molecule has 1 unspecified atom stereocenters. The van der Waals surface area contributed by atoms with Crippen molar-refractivity contribution >= 4 is 0 Å². The van der Waals surface area contributed by atoms with Gasteiger partial charge in [0.15, 0.2) is 0 Å². The highest BCUT2D eigenvalue weighted by atomic mass is 19.1. The van der Waals surface area contributed by atoms with Gasteiger partial charge in [-0.25, -0.2) is 4.39 Å². The van der Waals surface area contributed by atoms with E-state index in [1.807, 2.05) is 33.8 Å². The third-order valence-corrected chi connectivity index (χ3v) is 3.59. The molecule has 1 nitrogen and oxygen atoms in total. The first-order valence-corrected chi connectivity index (χ1v) is 6.45. The van der Waals surface area contributed by atoms with E-state index < -0.39 is 5.54 Å². The molecular weight excluding hydrogens is 237 g/mol. The quantitative estimate of drug-likeness (QED) is 0.865. The van der Waals surface area contributed by atoms with Gasteiger partial charge < -0.3 is 5.73 Å². The summed E-state index contributed by atoms with van der Waals surface area (Å²) in [6.07, 6.45) is 0. The van der Waals surface area contributed by atoms with E-state index >= 15 is 0 Å². The van der Waals surface area contributed by atoms with E-state index in [1.165, 1.54) is 12.1 Å². The lowest BCUT2D eigenvalue weighted by Gasteiger charge is -2.28. The second kappa shape index (κ2) is 4.78. The molecule has 100 valence electrons. The third kappa shape index (κ3) is 2.69. The second-order valence-electron chi connectivity index (χ2n) is 5.54. The van der Waals surface area contributed by atoms with Gasteiger partial charge in [-0.05, 0) is 62.1 Å². The molecule has 2 rings (SSSR count). The second-order valence-corrected chi connectivity index (χ2v) is 5.54. The molecule has 0 radical (unpaired) electrons. The Morgan fingerprint density at radius 1 is 0.947 bits per heavy atom. The van der Waals surface area contributed by atoms with E-state index in [-0.39, 0.29) is 5.82 Å². The zero-order valence-corrected chi connectivity index (χ0v) is 11.9. The summed E-state index contributed by atoms with van der Waals surface area (Å²) in [6.45, 7) is 7.89. The molecule has 19 heavy (non-hydrogen) atoms. The molecule has 2 N–H and O–H groups in total. The van der Waals surface area contributed by atoms with Gasteiger partial charge in [0.05, 0.1) is 5.54 Å². The van der Waals surface area contributed by atoms with Crippen molar-refractivity contribution < 1.29 is 4.39 Å². The minimum absolute atomic E-state index is 0.239. The van der Waals surface area contributed by atoms with Gasteiger partial charge in [-0.3, -0.25) is 0 Å². The van der Waals surface area contributed by atoms with Gasteiger partial charge in [0.2, 0.25) is 0 Å².